The highest BCUT2D eigenvalue weighted by Gasteiger charge is 2.34. The van der Waals surface area contributed by atoms with Crippen LogP contribution in [0.4, 0.5) is 0 Å². The van der Waals surface area contributed by atoms with Crippen molar-refractivity contribution >= 4 is 0 Å². The normalized spacial score (nSPS) is 14.4. The van der Waals surface area contributed by atoms with Crippen molar-refractivity contribution in [2.75, 3.05) is 0 Å². The SMILES string of the molecule is [2H]C([2H])([2H])c1ccc(-c2ccccc2C)[n+](C)c1C(C)(CC)CC. The van der Waals surface area contributed by atoms with Crippen LogP contribution in [0.1, 0.15) is 54.5 Å². The third-order valence-electron chi connectivity index (χ3n) is 4.91. The summed E-state index contributed by atoms with van der Waals surface area (Å²) in [6.45, 7) is 6.41. The standard InChI is InChI=1S/C20H28N/c1-7-20(5,8-2)19-16(4)13-14-18(21(19)6)17-12-10-9-11-15(17)3/h9-14H,7-8H2,1-6H3/q+1/i4D3. The predicted molar refractivity (Wildman–Crippen MR) is 90.5 cm³/mol. The second-order valence-electron chi connectivity index (χ2n) is 6.12. The Bertz CT molecular complexity index is 728. The molecule has 21 heavy (non-hydrogen) atoms. The maximum absolute atomic E-state index is 7.98. The van der Waals surface area contributed by atoms with Gasteiger partial charge in [-0.05, 0) is 51.2 Å². The van der Waals surface area contributed by atoms with E-state index in [-0.39, 0.29) is 5.41 Å². The van der Waals surface area contributed by atoms with Gasteiger partial charge in [-0.2, -0.15) is 4.57 Å². The lowest BCUT2D eigenvalue weighted by Crippen LogP contribution is -2.44. The minimum absolute atomic E-state index is 0.169. The van der Waals surface area contributed by atoms with Gasteiger partial charge in [0.1, 0.15) is 7.05 Å². The topological polar surface area (TPSA) is 3.88 Å². The van der Waals surface area contributed by atoms with Crippen molar-refractivity contribution in [1.29, 1.82) is 0 Å². The molecule has 1 aromatic carbocycles. The predicted octanol–water partition coefficient (Wildman–Crippen LogP) is 4.87. The van der Waals surface area contributed by atoms with Gasteiger partial charge in [0.15, 0.2) is 5.69 Å². The zero-order valence-corrected chi connectivity index (χ0v) is 13.8. The molecule has 0 amide bonds. The first-order valence-electron chi connectivity index (χ1n) is 9.25. The van der Waals surface area contributed by atoms with Gasteiger partial charge >= 0.3 is 0 Å². The number of rotatable bonds is 4. The molecule has 0 spiro atoms. The molecule has 0 aliphatic rings. The Morgan fingerprint density at radius 2 is 1.71 bits per heavy atom. The average molecular weight is 285 g/mol. The maximum atomic E-state index is 7.98. The van der Waals surface area contributed by atoms with Crippen LogP contribution >= 0.6 is 0 Å². The highest BCUT2D eigenvalue weighted by atomic mass is 15.0. The number of hydrogen-bond donors (Lipinski definition) is 0. The van der Waals surface area contributed by atoms with Crippen molar-refractivity contribution in [3.8, 4) is 11.3 Å². The van der Waals surface area contributed by atoms with E-state index in [0.717, 1.165) is 29.8 Å². The lowest BCUT2D eigenvalue weighted by molar-refractivity contribution is -0.672. The Labute approximate surface area is 133 Å². The van der Waals surface area contributed by atoms with E-state index in [1.807, 2.05) is 25.2 Å². The van der Waals surface area contributed by atoms with Crippen molar-refractivity contribution in [2.24, 2.45) is 7.05 Å². The molecule has 0 aliphatic heterocycles. The minimum atomic E-state index is -2.11. The van der Waals surface area contributed by atoms with E-state index >= 15 is 0 Å². The van der Waals surface area contributed by atoms with E-state index in [9.17, 15) is 0 Å². The number of benzene rings is 1. The summed E-state index contributed by atoms with van der Waals surface area (Å²) in [7, 11) is 2.00. The van der Waals surface area contributed by atoms with Gasteiger partial charge in [-0.25, -0.2) is 0 Å². The van der Waals surface area contributed by atoms with Gasteiger partial charge in [-0.15, -0.1) is 0 Å². The van der Waals surface area contributed by atoms with Gasteiger partial charge in [-0.3, -0.25) is 0 Å². The summed E-state index contributed by atoms with van der Waals surface area (Å²) in [5, 5.41) is 0. The monoisotopic (exact) mass is 285 g/mol. The van der Waals surface area contributed by atoms with Crippen LogP contribution in [-0.4, -0.2) is 0 Å². The first kappa shape index (κ1) is 12.0. The van der Waals surface area contributed by atoms with Crippen LogP contribution in [0.15, 0.2) is 36.4 Å². The maximum Gasteiger partial charge on any atom is 0.212 e. The third kappa shape index (κ3) is 2.74. The molecule has 1 nitrogen and oxygen atoms in total. The largest absolute Gasteiger partial charge is 0.212 e. The molecule has 0 radical (unpaired) electrons. The zero-order valence-electron chi connectivity index (χ0n) is 16.8. The van der Waals surface area contributed by atoms with Gasteiger partial charge in [0.2, 0.25) is 5.69 Å². The Kier molecular flexibility index (Phi) is 3.42. The molecule has 1 heterocycles. The summed E-state index contributed by atoms with van der Waals surface area (Å²) in [6, 6.07) is 12.0. The molecule has 0 bridgehead atoms. The van der Waals surface area contributed by atoms with Crippen molar-refractivity contribution in [3.63, 3.8) is 0 Å². The molecule has 0 fully saturated rings. The Hall–Kier alpha value is -1.63. The molecule has 2 aromatic rings. The number of aryl methyl sites for hydroxylation is 2. The molecule has 1 heteroatoms. The van der Waals surface area contributed by atoms with Crippen molar-refractivity contribution in [3.05, 3.63) is 53.2 Å². The van der Waals surface area contributed by atoms with E-state index in [1.165, 1.54) is 5.56 Å². The van der Waals surface area contributed by atoms with Crippen LogP contribution in [-0.2, 0) is 12.5 Å². The molecule has 2 rings (SSSR count). The fourth-order valence-electron chi connectivity index (χ4n) is 3.10. The van der Waals surface area contributed by atoms with Crippen molar-refractivity contribution in [1.82, 2.24) is 0 Å². The summed E-state index contributed by atoms with van der Waals surface area (Å²) in [5.41, 5.74) is 4.62. The van der Waals surface area contributed by atoms with Crippen LogP contribution < -0.4 is 4.57 Å². The van der Waals surface area contributed by atoms with Gasteiger partial charge < -0.3 is 0 Å². The Balaban J connectivity index is 2.83. The van der Waals surface area contributed by atoms with Crippen LogP contribution in [0.2, 0.25) is 0 Å². The first-order chi connectivity index (χ1) is 11.2. The molecule has 0 N–H and O–H groups in total. The molecule has 0 atom stereocenters. The van der Waals surface area contributed by atoms with E-state index in [0.29, 0.717) is 5.56 Å². The average Bonchev–Trinajstić information content (AvgIpc) is 2.54. The minimum Gasteiger partial charge on any atom is -0.198 e. The third-order valence-corrected chi connectivity index (χ3v) is 4.91. The second-order valence-corrected chi connectivity index (χ2v) is 6.12. The molecule has 112 valence electrons. The van der Waals surface area contributed by atoms with Gasteiger partial charge in [0.25, 0.3) is 0 Å². The summed E-state index contributed by atoms with van der Waals surface area (Å²) in [4.78, 5) is 0. The highest BCUT2D eigenvalue weighted by Crippen LogP contribution is 2.32. The van der Waals surface area contributed by atoms with Crippen molar-refractivity contribution < 1.29 is 8.68 Å². The number of nitrogens with zero attached hydrogens (tertiary/aromatic N) is 1. The molecular weight excluding hydrogens is 254 g/mol. The van der Waals surface area contributed by atoms with Crippen LogP contribution in [0, 0.1) is 13.8 Å². The van der Waals surface area contributed by atoms with E-state index in [4.69, 9.17) is 4.11 Å². The number of aromatic nitrogens is 1. The lowest BCUT2D eigenvalue weighted by Gasteiger charge is -2.26. The van der Waals surface area contributed by atoms with Gasteiger partial charge in [-0.1, -0.05) is 32.0 Å². The van der Waals surface area contributed by atoms with E-state index in [2.05, 4.69) is 44.4 Å². The Morgan fingerprint density at radius 1 is 1.05 bits per heavy atom. The van der Waals surface area contributed by atoms with Gasteiger partial charge in [0, 0.05) is 21.3 Å². The molecule has 1 aromatic heterocycles. The zero-order chi connectivity index (χ0) is 18.1. The van der Waals surface area contributed by atoms with E-state index < -0.39 is 6.85 Å². The Morgan fingerprint density at radius 3 is 2.29 bits per heavy atom. The molecule has 0 saturated carbocycles. The summed E-state index contributed by atoms with van der Waals surface area (Å²) in [5.74, 6) is 0. The summed E-state index contributed by atoms with van der Waals surface area (Å²) >= 11 is 0. The summed E-state index contributed by atoms with van der Waals surface area (Å²) in [6.07, 6.45) is 1.80. The van der Waals surface area contributed by atoms with Crippen LogP contribution in [0.25, 0.3) is 11.3 Å². The lowest BCUT2D eigenvalue weighted by atomic mass is 9.78. The number of pyridine rings is 1. The second kappa shape index (κ2) is 6.01. The van der Waals surface area contributed by atoms with Crippen LogP contribution in [0.3, 0.4) is 0 Å². The number of hydrogen-bond acceptors (Lipinski definition) is 0. The quantitative estimate of drug-likeness (QED) is 0.705. The van der Waals surface area contributed by atoms with E-state index in [1.54, 1.807) is 6.07 Å². The fraction of sp³-hybridized carbons (Fsp3) is 0.450. The van der Waals surface area contributed by atoms with Gasteiger partial charge in [0.05, 0.1) is 5.41 Å². The van der Waals surface area contributed by atoms with Crippen molar-refractivity contribution in [2.45, 2.75) is 52.8 Å². The van der Waals surface area contributed by atoms with Crippen LogP contribution in [0.5, 0.6) is 0 Å². The summed E-state index contributed by atoms with van der Waals surface area (Å²) < 4.78 is 26.0. The highest BCUT2D eigenvalue weighted by molar-refractivity contribution is 5.61. The molecule has 0 unspecified atom stereocenters. The molecule has 0 saturated heterocycles. The smallest absolute Gasteiger partial charge is 0.198 e. The molecular formula is C20H28N+. The first-order valence-corrected chi connectivity index (χ1v) is 7.75. The molecule has 0 aliphatic carbocycles. The fourth-order valence-corrected chi connectivity index (χ4v) is 3.10.